The Morgan fingerprint density at radius 1 is 0.447 bits per heavy atom. The summed E-state index contributed by atoms with van der Waals surface area (Å²) >= 11 is 0. The minimum atomic E-state index is -0.737. The smallest absolute Gasteiger partial charge is 0.143 e. The molecule has 38 heavy (non-hydrogen) atoms. The van der Waals surface area contributed by atoms with Gasteiger partial charge < -0.3 is 28.4 Å². The maximum absolute atomic E-state index is 6.69. The first-order chi connectivity index (χ1) is 18.9. The van der Waals surface area contributed by atoms with Gasteiger partial charge in [-0.05, 0) is 16.7 Å². The number of benzene rings is 3. The van der Waals surface area contributed by atoms with Crippen LogP contribution < -0.4 is 0 Å². The maximum Gasteiger partial charge on any atom is 0.143 e. The number of hydrogen-bond acceptors (Lipinski definition) is 6. The Balaban J connectivity index is 1.38. The molecule has 0 aliphatic rings. The molecule has 202 valence electrons. The van der Waals surface area contributed by atoms with Crippen molar-refractivity contribution < 1.29 is 28.4 Å². The van der Waals surface area contributed by atoms with E-state index in [0.717, 1.165) is 16.7 Å². The highest BCUT2D eigenvalue weighted by molar-refractivity contribution is 5.47. The van der Waals surface area contributed by atoms with Gasteiger partial charge in [-0.2, -0.15) is 0 Å². The lowest BCUT2D eigenvalue weighted by molar-refractivity contribution is -0.0390. The lowest BCUT2D eigenvalue weighted by atomic mass is 9.80. The Morgan fingerprint density at radius 2 is 0.763 bits per heavy atom. The zero-order valence-corrected chi connectivity index (χ0v) is 22.0. The van der Waals surface area contributed by atoms with Gasteiger partial charge in [-0.1, -0.05) is 96.9 Å². The summed E-state index contributed by atoms with van der Waals surface area (Å²) in [6.45, 7) is 5.20. The summed E-state index contributed by atoms with van der Waals surface area (Å²) in [6, 6.07) is 31.0. The molecule has 3 rings (SSSR count). The predicted octanol–water partition coefficient (Wildman–Crippen LogP) is 4.71. The van der Waals surface area contributed by atoms with Crippen molar-refractivity contribution in [1.82, 2.24) is 0 Å². The van der Waals surface area contributed by atoms with Gasteiger partial charge in [-0.25, -0.2) is 0 Å². The molecule has 3 aromatic carbocycles. The third kappa shape index (κ3) is 9.70. The molecular weight excluding hydrogens is 480 g/mol. The Bertz CT molecular complexity index is 923. The molecule has 0 spiro atoms. The van der Waals surface area contributed by atoms with Crippen molar-refractivity contribution in [3.63, 3.8) is 0 Å². The van der Waals surface area contributed by atoms with Crippen LogP contribution in [0.4, 0.5) is 0 Å². The lowest BCUT2D eigenvalue weighted by Gasteiger charge is -2.36. The molecule has 0 N–H and O–H groups in total. The zero-order valence-electron chi connectivity index (χ0n) is 22.0. The molecule has 0 atom stereocenters. The molecule has 0 aromatic heterocycles. The lowest BCUT2D eigenvalue weighted by Crippen LogP contribution is -2.34. The first-order valence-electron chi connectivity index (χ1n) is 13.0. The van der Waals surface area contributed by atoms with Gasteiger partial charge in [0.25, 0.3) is 0 Å². The largest absolute Gasteiger partial charge is 0.377 e. The molecule has 0 radical (unpaired) electrons. The van der Waals surface area contributed by atoms with Crippen LogP contribution in [-0.2, 0) is 34.0 Å². The van der Waals surface area contributed by atoms with Crippen molar-refractivity contribution in [1.29, 1.82) is 0 Å². The van der Waals surface area contributed by atoms with Crippen molar-refractivity contribution in [2.75, 3.05) is 72.7 Å². The number of terminal acetylenes is 1. The Hall–Kier alpha value is -3.02. The van der Waals surface area contributed by atoms with E-state index in [0.29, 0.717) is 72.7 Å². The number of ether oxygens (including phenoxy) is 6. The average Bonchev–Trinajstić information content (AvgIpc) is 2.98. The van der Waals surface area contributed by atoms with Crippen LogP contribution in [0.1, 0.15) is 16.7 Å². The topological polar surface area (TPSA) is 55.4 Å². The molecule has 0 aliphatic heterocycles. The normalized spacial score (nSPS) is 11.3. The SMILES string of the molecule is C#CCOCCOCCOCCOCCOCCOC(c1ccccc1)(c1ccccc1)c1ccccc1. The van der Waals surface area contributed by atoms with Gasteiger partial charge in [-0.3, -0.25) is 0 Å². The number of rotatable bonds is 20. The van der Waals surface area contributed by atoms with Crippen LogP contribution in [0.15, 0.2) is 91.0 Å². The molecular formula is C32H38O6. The van der Waals surface area contributed by atoms with Crippen LogP contribution in [0, 0.1) is 12.3 Å². The summed E-state index contributed by atoms with van der Waals surface area (Å²) in [5, 5.41) is 0. The van der Waals surface area contributed by atoms with Crippen molar-refractivity contribution >= 4 is 0 Å². The summed E-state index contributed by atoms with van der Waals surface area (Å²) in [6.07, 6.45) is 5.10. The first-order valence-corrected chi connectivity index (χ1v) is 13.0. The van der Waals surface area contributed by atoms with Gasteiger partial charge in [0.15, 0.2) is 0 Å². The molecule has 0 amide bonds. The van der Waals surface area contributed by atoms with E-state index in [1.807, 2.05) is 54.6 Å². The third-order valence-electron chi connectivity index (χ3n) is 5.76. The zero-order chi connectivity index (χ0) is 26.6. The second-order valence-electron chi connectivity index (χ2n) is 8.33. The van der Waals surface area contributed by atoms with Gasteiger partial charge in [0.2, 0.25) is 0 Å². The van der Waals surface area contributed by atoms with Gasteiger partial charge in [0.05, 0.1) is 66.1 Å². The number of hydrogen-bond donors (Lipinski definition) is 0. The van der Waals surface area contributed by atoms with E-state index in [1.54, 1.807) is 0 Å². The minimum absolute atomic E-state index is 0.309. The van der Waals surface area contributed by atoms with Crippen LogP contribution in [0.25, 0.3) is 0 Å². The Labute approximate surface area is 226 Å². The summed E-state index contributed by atoms with van der Waals surface area (Å²) in [5.74, 6) is 2.41. The van der Waals surface area contributed by atoms with Crippen molar-refractivity contribution in [2.24, 2.45) is 0 Å². The highest BCUT2D eigenvalue weighted by atomic mass is 16.6. The van der Waals surface area contributed by atoms with E-state index >= 15 is 0 Å². The van der Waals surface area contributed by atoms with Crippen molar-refractivity contribution in [3.05, 3.63) is 108 Å². The quantitative estimate of drug-likeness (QED) is 0.123. The van der Waals surface area contributed by atoms with E-state index in [-0.39, 0.29) is 0 Å². The van der Waals surface area contributed by atoms with E-state index in [9.17, 15) is 0 Å². The molecule has 0 bridgehead atoms. The summed E-state index contributed by atoms with van der Waals surface area (Å²) in [7, 11) is 0. The van der Waals surface area contributed by atoms with Crippen LogP contribution >= 0.6 is 0 Å². The molecule has 6 nitrogen and oxygen atoms in total. The summed E-state index contributed by atoms with van der Waals surface area (Å²) < 4.78 is 34.1. The molecule has 0 saturated carbocycles. The molecule has 0 fully saturated rings. The second-order valence-corrected chi connectivity index (χ2v) is 8.33. The van der Waals surface area contributed by atoms with Gasteiger partial charge >= 0.3 is 0 Å². The van der Waals surface area contributed by atoms with Crippen molar-refractivity contribution in [3.8, 4) is 12.3 Å². The van der Waals surface area contributed by atoms with E-state index in [2.05, 4.69) is 42.3 Å². The highest BCUT2D eigenvalue weighted by Gasteiger charge is 2.37. The monoisotopic (exact) mass is 518 g/mol. The predicted molar refractivity (Wildman–Crippen MR) is 148 cm³/mol. The summed E-state index contributed by atoms with van der Waals surface area (Å²) in [5.41, 5.74) is 2.48. The van der Waals surface area contributed by atoms with Crippen LogP contribution in [0.2, 0.25) is 0 Å². The van der Waals surface area contributed by atoms with Crippen molar-refractivity contribution in [2.45, 2.75) is 5.60 Å². The minimum Gasteiger partial charge on any atom is -0.377 e. The van der Waals surface area contributed by atoms with Crippen LogP contribution in [0.3, 0.4) is 0 Å². The molecule has 3 aromatic rings. The molecule has 0 unspecified atom stereocenters. The van der Waals surface area contributed by atoms with E-state index in [4.69, 9.17) is 34.8 Å². The average molecular weight is 519 g/mol. The molecule has 0 aliphatic carbocycles. The third-order valence-corrected chi connectivity index (χ3v) is 5.76. The first kappa shape index (κ1) is 29.5. The fraction of sp³-hybridized carbons (Fsp3) is 0.375. The molecule has 0 saturated heterocycles. The fourth-order valence-corrected chi connectivity index (χ4v) is 4.03. The van der Waals surface area contributed by atoms with Gasteiger partial charge in [0, 0.05) is 0 Å². The highest BCUT2D eigenvalue weighted by Crippen LogP contribution is 2.40. The molecule has 0 heterocycles. The van der Waals surface area contributed by atoms with Gasteiger partial charge in [0.1, 0.15) is 12.2 Å². The standard InChI is InChI=1S/C32H38O6/c1-2-18-33-19-20-34-21-22-35-23-24-36-25-26-37-27-28-38-32(29-12-6-3-7-13-29,30-14-8-4-9-15-30)31-16-10-5-11-17-31/h1,3-17H,18-28H2. The Kier molecular flexibility index (Phi) is 14.2. The van der Waals surface area contributed by atoms with E-state index < -0.39 is 5.60 Å². The molecule has 6 heteroatoms. The van der Waals surface area contributed by atoms with Crippen LogP contribution in [0.5, 0.6) is 0 Å². The fourth-order valence-electron chi connectivity index (χ4n) is 4.03. The van der Waals surface area contributed by atoms with E-state index in [1.165, 1.54) is 0 Å². The maximum atomic E-state index is 6.69. The van der Waals surface area contributed by atoms with Crippen LogP contribution in [-0.4, -0.2) is 72.7 Å². The van der Waals surface area contributed by atoms with Gasteiger partial charge in [-0.15, -0.1) is 6.42 Å². The Morgan fingerprint density at radius 3 is 1.11 bits per heavy atom. The second kappa shape index (κ2) is 18.3. The summed E-state index contributed by atoms with van der Waals surface area (Å²) in [4.78, 5) is 0.